The number of amides is 1. The van der Waals surface area contributed by atoms with E-state index < -0.39 is 15.9 Å². The second kappa shape index (κ2) is 6.04. The highest BCUT2D eigenvalue weighted by Gasteiger charge is 2.23. The second-order valence-corrected chi connectivity index (χ2v) is 7.30. The molecule has 23 heavy (non-hydrogen) atoms. The summed E-state index contributed by atoms with van der Waals surface area (Å²) in [4.78, 5) is 12.0. The first-order valence-corrected chi connectivity index (χ1v) is 9.00. The molecule has 3 rings (SSSR count). The van der Waals surface area contributed by atoms with E-state index in [4.69, 9.17) is 5.73 Å². The van der Waals surface area contributed by atoms with Crippen LogP contribution in [0.2, 0.25) is 0 Å². The summed E-state index contributed by atoms with van der Waals surface area (Å²) in [6, 6.07) is 11.6. The molecule has 2 aromatic rings. The molecule has 0 fully saturated rings. The van der Waals surface area contributed by atoms with Crippen LogP contribution in [0.1, 0.15) is 34.3 Å². The van der Waals surface area contributed by atoms with E-state index in [0.717, 1.165) is 36.8 Å². The predicted octanol–water partition coefficient (Wildman–Crippen LogP) is 2.47. The smallest absolute Gasteiger partial charge is 0.261 e. The minimum atomic E-state index is -3.75. The van der Waals surface area contributed by atoms with Crippen LogP contribution in [0.15, 0.2) is 47.4 Å². The van der Waals surface area contributed by atoms with Crippen molar-refractivity contribution in [1.29, 1.82) is 0 Å². The fourth-order valence-corrected chi connectivity index (χ4v) is 4.09. The Morgan fingerprint density at radius 2 is 1.70 bits per heavy atom. The van der Waals surface area contributed by atoms with Crippen LogP contribution >= 0.6 is 0 Å². The van der Waals surface area contributed by atoms with Crippen molar-refractivity contribution < 1.29 is 13.2 Å². The highest BCUT2D eigenvalue weighted by molar-refractivity contribution is 7.92. The molecular weight excluding hydrogens is 312 g/mol. The van der Waals surface area contributed by atoms with Crippen molar-refractivity contribution in [2.24, 2.45) is 5.73 Å². The Hall–Kier alpha value is -2.34. The third-order valence-corrected chi connectivity index (χ3v) is 5.46. The summed E-state index contributed by atoms with van der Waals surface area (Å²) in [5, 5.41) is 0. The number of nitrogens with one attached hydrogen (secondary N) is 1. The Bertz CT molecular complexity index is 846. The van der Waals surface area contributed by atoms with Crippen LogP contribution in [0.25, 0.3) is 0 Å². The second-order valence-electron chi connectivity index (χ2n) is 5.62. The number of rotatable bonds is 4. The average molecular weight is 330 g/mol. The minimum absolute atomic E-state index is 0.146. The molecule has 1 aliphatic rings. The summed E-state index contributed by atoms with van der Waals surface area (Å²) < 4.78 is 27.5. The van der Waals surface area contributed by atoms with Gasteiger partial charge >= 0.3 is 0 Å². The number of hydrogen-bond acceptors (Lipinski definition) is 3. The lowest BCUT2D eigenvalue weighted by atomic mass is 9.87. The molecule has 0 aliphatic heterocycles. The number of fused-ring (bicyclic) bond motifs is 1. The number of primary amides is 1. The quantitative estimate of drug-likeness (QED) is 0.902. The molecular formula is C17H18N2O3S. The van der Waals surface area contributed by atoms with Crippen LogP contribution in [-0.4, -0.2) is 14.3 Å². The molecule has 0 bridgehead atoms. The lowest BCUT2D eigenvalue weighted by molar-refractivity contribution is 0.1000. The molecule has 1 amide bonds. The third kappa shape index (κ3) is 3.07. The van der Waals surface area contributed by atoms with Crippen molar-refractivity contribution in [3.05, 3.63) is 59.2 Å². The van der Waals surface area contributed by atoms with E-state index in [9.17, 15) is 13.2 Å². The molecule has 0 unspecified atom stereocenters. The summed E-state index contributed by atoms with van der Waals surface area (Å²) in [7, 11) is -3.75. The van der Waals surface area contributed by atoms with Crippen molar-refractivity contribution >= 4 is 21.6 Å². The van der Waals surface area contributed by atoms with Gasteiger partial charge in [0.05, 0.1) is 16.1 Å². The largest absolute Gasteiger partial charge is 0.366 e. The maximum atomic E-state index is 12.5. The number of carbonyl (C=O) groups excluding carboxylic acids is 1. The molecule has 0 spiro atoms. The van der Waals surface area contributed by atoms with Gasteiger partial charge in [0.1, 0.15) is 0 Å². The molecule has 3 N–H and O–H groups in total. The zero-order valence-corrected chi connectivity index (χ0v) is 13.4. The van der Waals surface area contributed by atoms with Crippen LogP contribution in [0.3, 0.4) is 0 Å². The number of nitrogens with two attached hydrogens (primary N) is 1. The number of anilines is 1. The van der Waals surface area contributed by atoms with Crippen LogP contribution in [0.5, 0.6) is 0 Å². The monoisotopic (exact) mass is 330 g/mol. The van der Waals surface area contributed by atoms with E-state index in [2.05, 4.69) is 4.72 Å². The van der Waals surface area contributed by atoms with Gasteiger partial charge in [-0.25, -0.2) is 8.42 Å². The molecule has 6 heteroatoms. The average Bonchev–Trinajstić information content (AvgIpc) is 2.55. The van der Waals surface area contributed by atoms with Gasteiger partial charge in [0.15, 0.2) is 0 Å². The predicted molar refractivity (Wildman–Crippen MR) is 88.9 cm³/mol. The van der Waals surface area contributed by atoms with E-state index in [1.165, 1.54) is 12.1 Å². The number of aryl methyl sites for hydroxylation is 1. The van der Waals surface area contributed by atoms with E-state index in [1.807, 2.05) is 6.07 Å². The zero-order chi connectivity index (χ0) is 16.4. The van der Waals surface area contributed by atoms with Gasteiger partial charge in [-0.1, -0.05) is 24.3 Å². The maximum Gasteiger partial charge on any atom is 0.261 e. The summed E-state index contributed by atoms with van der Waals surface area (Å²) in [6.07, 6.45) is 3.68. The molecule has 5 nitrogen and oxygen atoms in total. The number of hydrogen-bond donors (Lipinski definition) is 2. The summed E-state index contributed by atoms with van der Waals surface area (Å²) in [5.41, 5.74) is 8.02. The summed E-state index contributed by atoms with van der Waals surface area (Å²) >= 11 is 0. The first-order valence-electron chi connectivity index (χ1n) is 7.51. The van der Waals surface area contributed by atoms with Gasteiger partial charge in [0, 0.05) is 0 Å². The topological polar surface area (TPSA) is 89.3 Å². The van der Waals surface area contributed by atoms with Gasteiger partial charge < -0.3 is 5.73 Å². The Balaban J connectivity index is 2.05. The van der Waals surface area contributed by atoms with Gasteiger partial charge in [-0.3, -0.25) is 9.52 Å². The highest BCUT2D eigenvalue weighted by atomic mass is 32.2. The molecule has 0 atom stereocenters. The number of carbonyl (C=O) groups is 1. The first kappa shape index (κ1) is 15.6. The molecule has 0 aromatic heterocycles. The fourth-order valence-electron chi connectivity index (χ4n) is 3.00. The van der Waals surface area contributed by atoms with Crippen molar-refractivity contribution in [3.63, 3.8) is 0 Å². The van der Waals surface area contributed by atoms with Gasteiger partial charge in [0.2, 0.25) is 0 Å². The fraction of sp³-hybridized carbons (Fsp3) is 0.235. The SMILES string of the molecule is NC(=O)c1c(NS(=O)(=O)c2ccccc2)ccc2c1CCCC2. The van der Waals surface area contributed by atoms with Crippen LogP contribution < -0.4 is 10.5 Å². The van der Waals surface area contributed by atoms with Crippen molar-refractivity contribution in [2.45, 2.75) is 30.6 Å². The Morgan fingerprint density at radius 1 is 1.00 bits per heavy atom. The number of benzene rings is 2. The van der Waals surface area contributed by atoms with Gasteiger partial charge in [-0.15, -0.1) is 0 Å². The zero-order valence-electron chi connectivity index (χ0n) is 12.6. The van der Waals surface area contributed by atoms with Gasteiger partial charge in [-0.05, 0) is 55.0 Å². The maximum absolute atomic E-state index is 12.5. The highest BCUT2D eigenvalue weighted by Crippen LogP contribution is 2.30. The Kier molecular flexibility index (Phi) is 4.09. The lowest BCUT2D eigenvalue weighted by Gasteiger charge is -2.21. The molecule has 2 aromatic carbocycles. The van der Waals surface area contributed by atoms with Crippen LogP contribution in [0.4, 0.5) is 5.69 Å². The molecule has 0 saturated heterocycles. The molecule has 1 aliphatic carbocycles. The summed E-state index contributed by atoms with van der Waals surface area (Å²) in [5.74, 6) is -0.602. The molecule has 120 valence electrons. The Morgan fingerprint density at radius 3 is 2.39 bits per heavy atom. The molecule has 0 radical (unpaired) electrons. The van der Waals surface area contributed by atoms with E-state index in [1.54, 1.807) is 24.3 Å². The van der Waals surface area contributed by atoms with E-state index in [0.29, 0.717) is 5.56 Å². The van der Waals surface area contributed by atoms with E-state index in [-0.39, 0.29) is 10.6 Å². The van der Waals surface area contributed by atoms with Crippen molar-refractivity contribution in [1.82, 2.24) is 0 Å². The lowest BCUT2D eigenvalue weighted by Crippen LogP contribution is -2.22. The standard InChI is InChI=1S/C17H18N2O3S/c18-17(20)16-14-9-5-4-6-12(14)10-11-15(16)19-23(21,22)13-7-2-1-3-8-13/h1-3,7-8,10-11,19H,4-6,9H2,(H2,18,20). The summed E-state index contributed by atoms with van der Waals surface area (Å²) in [6.45, 7) is 0. The third-order valence-electron chi connectivity index (χ3n) is 4.08. The minimum Gasteiger partial charge on any atom is -0.366 e. The number of sulfonamides is 1. The molecule has 0 heterocycles. The first-order chi connectivity index (χ1) is 11.0. The van der Waals surface area contributed by atoms with Crippen molar-refractivity contribution in [2.75, 3.05) is 4.72 Å². The van der Waals surface area contributed by atoms with Gasteiger partial charge in [0.25, 0.3) is 15.9 Å². The Labute approximate surface area is 135 Å². The van der Waals surface area contributed by atoms with Gasteiger partial charge in [-0.2, -0.15) is 0 Å². The molecule has 0 saturated carbocycles. The van der Waals surface area contributed by atoms with Crippen molar-refractivity contribution in [3.8, 4) is 0 Å². The van der Waals surface area contributed by atoms with Crippen LogP contribution in [0, 0.1) is 0 Å². The van der Waals surface area contributed by atoms with E-state index >= 15 is 0 Å². The van der Waals surface area contributed by atoms with Crippen LogP contribution in [-0.2, 0) is 22.9 Å². The normalized spacial score (nSPS) is 14.1.